The zero-order valence-electron chi connectivity index (χ0n) is 9.86. The Morgan fingerprint density at radius 2 is 2.13 bits per heavy atom. The summed E-state index contributed by atoms with van der Waals surface area (Å²) >= 11 is 1.91. The highest BCUT2D eigenvalue weighted by atomic mass is 32.2. The van der Waals surface area contributed by atoms with E-state index in [4.69, 9.17) is 0 Å². The number of hydrogen-bond donors (Lipinski definition) is 0. The highest BCUT2D eigenvalue weighted by molar-refractivity contribution is 8.02. The molecule has 1 heteroatoms. The molecule has 0 radical (unpaired) electrons. The van der Waals surface area contributed by atoms with Crippen molar-refractivity contribution in [2.75, 3.05) is 5.75 Å². The fourth-order valence-electron chi connectivity index (χ4n) is 1.62. The predicted molar refractivity (Wildman–Crippen MR) is 71.5 cm³/mol. The second-order valence-electron chi connectivity index (χ2n) is 3.37. The molecule has 15 heavy (non-hydrogen) atoms. The topological polar surface area (TPSA) is 0 Å². The summed E-state index contributed by atoms with van der Waals surface area (Å²) in [5, 5.41) is 2.21. The van der Waals surface area contributed by atoms with Crippen molar-refractivity contribution in [1.82, 2.24) is 0 Å². The summed E-state index contributed by atoms with van der Waals surface area (Å²) in [7, 11) is 0. The molecule has 1 heterocycles. The summed E-state index contributed by atoms with van der Waals surface area (Å²) in [4.78, 5) is 0. The molecular weight excluding hydrogens is 200 g/mol. The van der Waals surface area contributed by atoms with Crippen molar-refractivity contribution in [2.45, 2.75) is 33.1 Å². The molecule has 0 amide bonds. The van der Waals surface area contributed by atoms with Crippen LogP contribution < -0.4 is 0 Å². The second-order valence-corrected chi connectivity index (χ2v) is 4.31. The van der Waals surface area contributed by atoms with Gasteiger partial charge in [0.1, 0.15) is 0 Å². The number of allylic oxidation sites excluding steroid dienone is 1. The number of rotatable bonds is 2. The molecule has 82 valence electrons. The zero-order valence-corrected chi connectivity index (χ0v) is 10.7. The average molecular weight is 220 g/mol. The first-order valence-corrected chi connectivity index (χ1v) is 6.82. The number of benzene rings is 1. The molecule has 2 rings (SSSR count). The fraction of sp³-hybridized carbons (Fsp3) is 0.429. The third-order valence-corrected chi connectivity index (χ3v) is 3.37. The Hall–Kier alpha value is -0.690. The predicted octanol–water partition coefficient (Wildman–Crippen LogP) is 4.62. The van der Waals surface area contributed by atoms with Gasteiger partial charge in [-0.25, -0.2) is 0 Å². The molecule has 0 nitrogen and oxygen atoms in total. The van der Waals surface area contributed by atoms with E-state index in [0.29, 0.717) is 5.92 Å². The summed E-state index contributed by atoms with van der Waals surface area (Å²) in [6.45, 7) is 6.21. The van der Waals surface area contributed by atoms with Crippen LogP contribution in [0.2, 0.25) is 0 Å². The Balaban J connectivity index is 0.000000531. The van der Waals surface area contributed by atoms with E-state index in [9.17, 15) is 0 Å². The normalized spacial score (nSPS) is 18.5. The minimum atomic E-state index is 0.650. The fourth-order valence-corrected chi connectivity index (χ4v) is 2.54. The van der Waals surface area contributed by atoms with Crippen LogP contribution in [-0.4, -0.2) is 5.75 Å². The van der Waals surface area contributed by atoms with Crippen molar-refractivity contribution in [3.8, 4) is 0 Å². The van der Waals surface area contributed by atoms with Crippen LogP contribution in [0.5, 0.6) is 0 Å². The zero-order chi connectivity index (χ0) is 11.1. The molecule has 0 fully saturated rings. The molecule has 1 unspecified atom stereocenters. The SMILES string of the molecule is CC.CCc1cccc(C2C=CSC2)c1. The molecule has 0 aliphatic carbocycles. The molecule has 0 bridgehead atoms. The third-order valence-electron chi connectivity index (χ3n) is 2.47. The van der Waals surface area contributed by atoms with Crippen LogP contribution in [0, 0.1) is 0 Å². The summed E-state index contributed by atoms with van der Waals surface area (Å²) in [6, 6.07) is 8.95. The lowest BCUT2D eigenvalue weighted by Gasteiger charge is -2.08. The molecule has 1 atom stereocenters. The van der Waals surface area contributed by atoms with Gasteiger partial charge in [-0.05, 0) is 23.0 Å². The highest BCUT2D eigenvalue weighted by Crippen LogP contribution is 2.29. The molecule has 1 aliphatic rings. The second kappa shape index (κ2) is 6.73. The molecule has 1 aliphatic heterocycles. The highest BCUT2D eigenvalue weighted by Gasteiger charge is 2.11. The first kappa shape index (κ1) is 12.4. The molecule has 0 N–H and O–H groups in total. The Bertz CT molecular complexity index is 315. The van der Waals surface area contributed by atoms with Crippen molar-refractivity contribution in [2.24, 2.45) is 0 Å². The lowest BCUT2D eigenvalue weighted by molar-refractivity contribution is 0.987. The van der Waals surface area contributed by atoms with Gasteiger partial charge < -0.3 is 0 Å². The van der Waals surface area contributed by atoms with E-state index in [2.05, 4.69) is 42.7 Å². The van der Waals surface area contributed by atoms with E-state index in [1.54, 1.807) is 0 Å². The maximum atomic E-state index is 2.33. The Kier molecular flexibility index (Phi) is 5.56. The standard InChI is InChI=1S/C12H14S.C2H6/c1-2-10-4-3-5-11(8-10)12-6-7-13-9-12;1-2/h3-8,12H,2,9H2,1H3;1-2H3. The van der Waals surface area contributed by atoms with Crippen LogP contribution in [0.4, 0.5) is 0 Å². The van der Waals surface area contributed by atoms with Crippen LogP contribution in [-0.2, 0) is 6.42 Å². The molecule has 1 aromatic carbocycles. The van der Waals surface area contributed by atoms with Gasteiger partial charge in [0.15, 0.2) is 0 Å². The van der Waals surface area contributed by atoms with Crippen LogP contribution in [0.1, 0.15) is 37.8 Å². The van der Waals surface area contributed by atoms with Crippen molar-refractivity contribution >= 4 is 11.8 Å². The van der Waals surface area contributed by atoms with E-state index in [1.807, 2.05) is 25.6 Å². The molecule has 0 aromatic heterocycles. The van der Waals surface area contributed by atoms with E-state index in [0.717, 1.165) is 6.42 Å². The first-order valence-electron chi connectivity index (χ1n) is 5.77. The van der Waals surface area contributed by atoms with Crippen molar-refractivity contribution < 1.29 is 0 Å². The van der Waals surface area contributed by atoms with Gasteiger partial charge in [0.25, 0.3) is 0 Å². The Morgan fingerprint density at radius 3 is 2.73 bits per heavy atom. The van der Waals surface area contributed by atoms with Gasteiger partial charge >= 0.3 is 0 Å². The van der Waals surface area contributed by atoms with Gasteiger partial charge in [-0.3, -0.25) is 0 Å². The van der Waals surface area contributed by atoms with Gasteiger partial charge in [-0.1, -0.05) is 51.1 Å². The minimum absolute atomic E-state index is 0.650. The summed E-state index contributed by atoms with van der Waals surface area (Å²) < 4.78 is 0. The molecule has 0 saturated heterocycles. The average Bonchev–Trinajstić information content (AvgIpc) is 2.85. The first-order chi connectivity index (χ1) is 7.40. The lowest BCUT2D eigenvalue weighted by atomic mass is 9.98. The van der Waals surface area contributed by atoms with Crippen LogP contribution in [0.3, 0.4) is 0 Å². The molecule has 0 spiro atoms. The summed E-state index contributed by atoms with van der Waals surface area (Å²) in [5.41, 5.74) is 2.92. The van der Waals surface area contributed by atoms with E-state index >= 15 is 0 Å². The minimum Gasteiger partial charge on any atom is -0.133 e. The van der Waals surface area contributed by atoms with Gasteiger partial charge in [0.2, 0.25) is 0 Å². The van der Waals surface area contributed by atoms with Crippen LogP contribution in [0.25, 0.3) is 0 Å². The van der Waals surface area contributed by atoms with Crippen LogP contribution in [0.15, 0.2) is 35.7 Å². The van der Waals surface area contributed by atoms with Crippen LogP contribution >= 0.6 is 11.8 Å². The van der Waals surface area contributed by atoms with Crippen molar-refractivity contribution in [3.63, 3.8) is 0 Å². The molecule has 1 aromatic rings. The number of aryl methyl sites for hydroxylation is 1. The number of hydrogen-bond acceptors (Lipinski definition) is 1. The van der Waals surface area contributed by atoms with E-state index in [1.165, 1.54) is 16.9 Å². The van der Waals surface area contributed by atoms with Gasteiger partial charge in [0.05, 0.1) is 0 Å². The smallest absolute Gasteiger partial charge is 0.0120 e. The Labute approximate surface area is 97.8 Å². The number of thioether (sulfide) groups is 1. The maximum Gasteiger partial charge on any atom is 0.0120 e. The van der Waals surface area contributed by atoms with Gasteiger partial charge in [-0.2, -0.15) is 0 Å². The maximum absolute atomic E-state index is 2.33. The molecule has 0 saturated carbocycles. The quantitative estimate of drug-likeness (QED) is 0.701. The van der Waals surface area contributed by atoms with Crippen molar-refractivity contribution in [3.05, 3.63) is 46.9 Å². The largest absolute Gasteiger partial charge is 0.133 e. The lowest BCUT2D eigenvalue weighted by Crippen LogP contribution is -1.95. The Morgan fingerprint density at radius 1 is 1.33 bits per heavy atom. The van der Waals surface area contributed by atoms with Gasteiger partial charge in [0, 0.05) is 11.7 Å². The summed E-state index contributed by atoms with van der Waals surface area (Å²) in [6.07, 6.45) is 3.44. The monoisotopic (exact) mass is 220 g/mol. The third kappa shape index (κ3) is 3.42. The van der Waals surface area contributed by atoms with E-state index < -0.39 is 0 Å². The van der Waals surface area contributed by atoms with Gasteiger partial charge in [-0.15, -0.1) is 11.8 Å². The van der Waals surface area contributed by atoms with E-state index in [-0.39, 0.29) is 0 Å². The van der Waals surface area contributed by atoms with Crippen molar-refractivity contribution in [1.29, 1.82) is 0 Å². The molecular formula is C14H20S. The summed E-state index contributed by atoms with van der Waals surface area (Å²) in [5.74, 6) is 1.86.